The zero-order valence-corrected chi connectivity index (χ0v) is 12.1. The molecule has 1 fully saturated rings. The number of alkyl carbamates (subject to hydrolysis) is 1. The number of rotatable bonds is 2. The molecule has 2 atom stereocenters. The largest absolute Gasteiger partial charge is 0.444 e. The van der Waals surface area contributed by atoms with Crippen LogP contribution in [0.1, 0.15) is 46.1 Å². The van der Waals surface area contributed by atoms with Crippen molar-refractivity contribution >= 4 is 6.09 Å². The summed E-state index contributed by atoms with van der Waals surface area (Å²) in [6.45, 7) is 5.49. The van der Waals surface area contributed by atoms with Crippen LogP contribution in [0.3, 0.4) is 0 Å². The molecule has 1 aliphatic carbocycles. The second kappa shape index (κ2) is 5.64. The molecule has 1 amide bonds. The molecule has 110 valence electrons. The van der Waals surface area contributed by atoms with Crippen LogP contribution in [-0.4, -0.2) is 27.5 Å². The summed E-state index contributed by atoms with van der Waals surface area (Å²) < 4.78 is 6.73. The minimum absolute atomic E-state index is 0.0313. The molecule has 0 bridgehead atoms. The van der Waals surface area contributed by atoms with Gasteiger partial charge >= 0.3 is 6.09 Å². The number of nitrogens with one attached hydrogen (secondary N) is 1. The molecule has 0 aliphatic heterocycles. The summed E-state index contributed by atoms with van der Waals surface area (Å²) in [5.41, 5.74) is -0.601. The molecule has 1 saturated carbocycles. The van der Waals surface area contributed by atoms with E-state index in [2.05, 4.69) is 10.4 Å². The molecule has 6 nitrogen and oxygen atoms in total. The molecule has 1 aromatic heterocycles. The molecular formula is C14H21N3O3. The second-order valence-corrected chi connectivity index (χ2v) is 6.12. The van der Waals surface area contributed by atoms with Crippen LogP contribution >= 0.6 is 0 Å². The Morgan fingerprint density at radius 1 is 1.45 bits per heavy atom. The van der Waals surface area contributed by atoms with Crippen LogP contribution in [0.25, 0.3) is 0 Å². The van der Waals surface area contributed by atoms with Crippen molar-refractivity contribution in [3.05, 3.63) is 28.7 Å². The lowest BCUT2D eigenvalue weighted by Crippen LogP contribution is -2.38. The average molecular weight is 279 g/mol. The summed E-state index contributed by atoms with van der Waals surface area (Å²) in [6, 6.07) is 3.21. The number of ether oxygens (including phenoxy) is 1. The Morgan fingerprint density at radius 3 is 2.85 bits per heavy atom. The zero-order chi connectivity index (χ0) is 14.8. The standard InChI is InChI=1S/C14H21N3O3/c1-14(2,3)20-13(19)16-10-6-7-11(9-10)17-12(18)5-4-8-15-17/h4-5,8,10-11H,6-7,9H2,1-3H3,(H,16,19). The maximum Gasteiger partial charge on any atom is 0.407 e. The van der Waals surface area contributed by atoms with Crippen LogP contribution < -0.4 is 10.9 Å². The molecule has 0 spiro atoms. The van der Waals surface area contributed by atoms with Crippen molar-refractivity contribution in [2.24, 2.45) is 0 Å². The Balaban J connectivity index is 1.92. The molecular weight excluding hydrogens is 258 g/mol. The van der Waals surface area contributed by atoms with Crippen LogP contribution in [0.4, 0.5) is 4.79 Å². The van der Waals surface area contributed by atoms with Gasteiger partial charge in [-0.1, -0.05) is 0 Å². The third kappa shape index (κ3) is 3.82. The predicted octanol–water partition coefficient (Wildman–Crippen LogP) is 1.86. The fraction of sp³-hybridized carbons (Fsp3) is 0.643. The van der Waals surface area contributed by atoms with Gasteiger partial charge in [-0.2, -0.15) is 5.10 Å². The van der Waals surface area contributed by atoms with E-state index in [9.17, 15) is 9.59 Å². The maximum absolute atomic E-state index is 11.7. The van der Waals surface area contributed by atoms with Gasteiger partial charge in [-0.3, -0.25) is 4.79 Å². The lowest BCUT2D eigenvalue weighted by Gasteiger charge is -2.21. The van der Waals surface area contributed by atoms with Crippen molar-refractivity contribution in [1.82, 2.24) is 15.1 Å². The highest BCUT2D eigenvalue weighted by atomic mass is 16.6. The number of amides is 1. The molecule has 2 unspecified atom stereocenters. The first-order valence-electron chi connectivity index (χ1n) is 6.88. The highest BCUT2D eigenvalue weighted by Gasteiger charge is 2.29. The molecule has 1 aliphatic rings. The van der Waals surface area contributed by atoms with E-state index in [1.807, 2.05) is 20.8 Å². The molecule has 1 heterocycles. The molecule has 0 radical (unpaired) electrons. The minimum atomic E-state index is -0.500. The molecule has 1 N–H and O–H groups in total. The van der Waals surface area contributed by atoms with Crippen molar-refractivity contribution in [1.29, 1.82) is 0 Å². The summed E-state index contributed by atoms with van der Waals surface area (Å²) in [4.78, 5) is 23.4. The zero-order valence-electron chi connectivity index (χ0n) is 12.1. The van der Waals surface area contributed by atoms with Gasteiger partial charge in [0, 0.05) is 18.3 Å². The predicted molar refractivity (Wildman–Crippen MR) is 74.5 cm³/mol. The highest BCUT2D eigenvalue weighted by Crippen LogP contribution is 2.28. The normalized spacial score (nSPS) is 22.6. The Bertz CT molecular complexity index is 533. The Morgan fingerprint density at radius 2 is 2.20 bits per heavy atom. The first-order valence-corrected chi connectivity index (χ1v) is 6.88. The summed E-state index contributed by atoms with van der Waals surface area (Å²) in [5, 5.41) is 6.94. The van der Waals surface area contributed by atoms with E-state index in [1.165, 1.54) is 10.7 Å². The Labute approximate surface area is 118 Å². The molecule has 6 heteroatoms. The minimum Gasteiger partial charge on any atom is -0.444 e. The van der Waals surface area contributed by atoms with Gasteiger partial charge in [0.05, 0.1) is 6.04 Å². The number of nitrogens with zero attached hydrogens (tertiary/aromatic N) is 2. The first-order chi connectivity index (χ1) is 9.35. The lowest BCUT2D eigenvalue weighted by atomic mass is 10.2. The van der Waals surface area contributed by atoms with Crippen molar-refractivity contribution in [3.63, 3.8) is 0 Å². The summed E-state index contributed by atoms with van der Waals surface area (Å²) in [5.74, 6) is 0. The Kier molecular flexibility index (Phi) is 4.11. The maximum atomic E-state index is 11.7. The van der Waals surface area contributed by atoms with Crippen LogP contribution in [0.5, 0.6) is 0 Å². The molecule has 20 heavy (non-hydrogen) atoms. The summed E-state index contributed by atoms with van der Waals surface area (Å²) >= 11 is 0. The van der Waals surface area contributed by atoms with Gasteiger partial charge in [0.25, 0.3) is 5.56 Å². The number of hydrogen-bond donors (Lipinski definition) is 1. The molecule has 2 rings (SSSR count). The number of hydrogen-bond acceptors (Lipinski definition) is 4. The first kappa shape index (κ1) is 14.6. The number of carbonyl (C=O) groups is 1. The van der Waals surface area contributed by atoms with E-state index in [0.29, 0.717) is 6.42 Å². The van der Waals surface area contributed by atoms with Crippen molar-refractivity contribution in [3.8, 4) is 0 Å². The van der Waals surface area contributed by atoms with Gasteiger partial charge in [0.2, 0.25) is 0 Å². The van der Waals surface area contributed by atoms with Gasteiger partial charge in [0.1, 0.15) is 5.60 Å². The monoisotopic (exact) mass is 279 g/mol. The quantitative estimate of drug-likeness (QED) is 0.896. The number of carbonyl (C=O) groups excluding carboxylic acids is 1. The van der Waals surface area contributed by atoms with Gasteiger partial charge in [-0.05, 0) is 46.1 Å². The van der Waals surface area contributed by atoms with Crippen molar-refractivity contribution in [2.45, 2.75) is 57.7 Å². The highest BCUT2D eigenvalue weighted by molar-refractivity contribution is 5.68. The van der Waals surface area contributed by atoms with Gasteiger partial charge < -0.3 is 10.1 Å². The van der Waals surface area contributed by atoms with E-state index in [0.717, 1.165) is 12.8 Å². The van der Waals surface area contributed by atoms with Crippen LogP contribution in [0, 0.1) is 0 Å². The topological polar surface area (TPSA) is 73.2 Å². The van der Waals surface area contributed by atoms with E-state index in [-0.39, 0.29) is 17.6 Å². The van der Waals surface area contributed by atoms with E-state index in [1.54, 1.807) is 12.3 Å². The fourth-order valence-electron chi connectivity index (χ4n) is 2.43. The lowest BCUT2D eigenvalue weighted by molar-refractivity contribution is 0.0504. The molecule has 0 saturated heterocycles. The van der Waals surface area contributed by atoms with Crippen LogP contribution in [0.2, 0.25) is 0 Å². The van der Waals surface area contributed by atoms with E-state index >= 15 is 0 Å². The van der Waals surface area contributed by atoms with E-state index < -0.39 is 11.7 Å². The Hall–Kier alpha value is -1.85. The van der Waals surface area contributed by atoms with Gasteiger partial charge in [-0.15, -0.1) is 0 Å². The fourth-order valence-corrected chi connectivity index (χ4v) is 2.43. The van der Waals surface area contributed by atoms with Gasteiger partial charge in [-0.25, -0.2) is 9.48 Å². The van der Waals surface area contributed by atoms with Crippen LogP contribution in [-0.2, 0) is 4.74 Å². The SMILES string of the molecule is CC(C)(C)OC(=O)NC1CCC(n2ncccc2=O)C1. The summed E-state index contributed by atoms with van der Waals surface area (Å²) in [7, 11) is 0. The van der Waals surface area contributed by atoms with Gasteiger partial charge in [0.15, 0.2) is 0 Å². The van der Waals surface area contributed by atoms with Crippen LogP contribution in [0.15, 0.2) is 23.1 Å². The average Bonchev–Trinajstić information content (AvgIpc) is 2.75. The smallest absolute Gasteiger partial charge is 0.407 e. The van der Waals surface area contributed by atoms with E-state index in [4.69, 9.17) is 4.74 Å². The second-order valence-electron chi connectivity index (χ2n) is 6.12. The molecule has 1 aromatic rings. The third-order valence-corrected chi connectivity index (χ3v) is 3.21. The number of aromatic nitrogens is 2. The third-order valence-electron chi connectivity index (χ3n) is 3.21. The molecule has 0 aromatic carbocycles. The van der Waals surface area contributed by atoms with Crippen molar-refractivity contribution in [2.75, 3.05) is 0 Å². The van der Waals surface area contributed by atoms with Crippen molar-refractivity contribution < 1.29 is 9.53 Å². The summed E-state index contributed by atoms with van der Waals surface area (Å²) in [6.07, 6.45) is 3.56.